The number of nitrogens with zero attached hydrogens (tertiary/aromatic N) is 1. The molecule has 5 saturated carbocycles. The summed E-state index contributed by atoms with van der Waals surface area (Å²) in [5.41, 5.74) is -3.67. The highest BCUT2D eigenvalue weighted by molar-refractivity contribution is 5.92. The number of rotatable bonds is 10. The number of fused-ring (bicyclic) bond motifs is 2. The average Bonchev–Trinajstić information content (AvgIpc) is 3.42. The van der Waals surface area contributed by atoms with E-state index in [1.165, 1.54) is 33.3 Å². The quantitative estimate of drug-likeness (QED) is 0.356. The van der Waals surface area contributed by atoms with Crippen molar-refractivity contribution in [1.29, 1.82) is 0 Å². The third-order valence-electron chi connectivity index (χ3n) is 13.4. The van der Waals surface area contributed by atoms with E-state index in [-0.39, 0.29) is 65.6 Å². The van der Waals surface area contributed by atoms with Crippen LogP contribution in [0.1, 0.15) is 49.9 Å². The molecule has 7 rings (SSSR count). The first-order valence-corrected chi connectivity index (χ1v) is 16.8. The van der Waals surface area contributed by atoms with Crippen LogP contribution < -0.4 is 4.74 Å². The fourth-order valence-electron chi connectivity index (χ4n) is 12.5. The number of piperidine rings is 1. The molecule has 0 radical (unpaired) electrons. The molecule has 5 aliphatic carbocycles. The van der Waals surface area contributed by atoms with Crippen LogP contribution >= 0.6 is 0 Å². The molecule has 1 saturated heterocycles. The van der Waals surface area contributed by atoms with E-state index >= 15 is 0 Å². The van der Waals surface area contributed by atoms with E-state index < -0.39 is 46.7 Å². The molecule has 13 atom stereocenters. The van der Waals surface area contributed by atoms with Crippen molar-refractivity contribution < 1.29 is 53.0 Å². The summed E-state index contributed by atoms with van der Waals surface area (Å²) in [7, 11) is 8.24. The molecular formula is C35H49NO11. The maximum atomic E-state index is 13.9. The van der Waals surface area contributed by atoms with Gasteiger partial charge in [-0.1, -0.05) is 6.92 Å². The Balaban J connectivity index is 1.46. The Bertz CT molecular complexity index is 1420. The van der Waals surface area contributed by atoms with Crippen LogP contribution in [0.4, 0.5) is 0 Å². The van der Waals surface area contributed by atoms with Crippen molar-refractivity contribution in [3.05, 3.63) is 23.8 Å². The van der Waals surface area contributed by atoms with Crippen molar-refractivity contribution in [3.8, 4) is 11.5 Å². The molecule has 1 aromatic carbocycles. The smallest absolute Gasteiger partial charge is 0.342 e. The number of benzene rings is 1. The van der Waals surface area contributed by atoms with Crippen molar-refractivity contribution in [3.63, 3.8) is 0 Å². The van der Waals surface area contributed by atoms with Crippen LogP contribution in [0, 0.1) is 34.5 Å². The third-order valence-corrected chi connectivity index (χ3v) is 13.4. The van der Waals surface area contributed by atoms with Crippen molar-refractivity contribution in [1.82, 2.24) is 4.90 Å². The lowest BCUT2D eigenvalue weighted by atomic mass is 9.43. The molecule has 12 heteroatoms. The van der Waals surface area contributed by atoms with Crippen LogP contribution in [0.3, 0.4) is 0 Å². The van der Waals surface area contributed by atoms with Crippen LogP contribution in [0.2, 0.25) is 0 Å². The molecule has 1 spiro atoms. The molecule has 2 N–H and O–H groups in total. The largest absolute Gasteiger partial charge is 0.507 e. The molecule has 47 heavy (non-hydrogen) atoms. The minimum Gasteiger partial charge on any atom is -0.507 e. The summed E-state index contributed by atoms with van der Waals surface area (Å²) in [6.07, 6.45) is -0.302. The van der Waals surface area contributed by atoms with Gasteiger partial charge >= 0.3 is 11.9 Å². The molecule has 1 heterocycles. The molecular weight excluding hydrogens is 610 g/mol. The highest BCUT2D eigenvalue weighted by Gasteiger charge is 2.89. The Morgan fingerprint density at radius 3 is 2.36 bits per heavy atom. The lowest BCUT2D eigenvalue weighted by molar-refractivity contribution is -0.287. The van der Waals surface area contributed by atoms with E-state index in [4.69, 9.17) is 33.2 Å². The lowest BCUT2D eigenvalue weighted by Gasteiger charge is -2.69. The first kappa shape index (κ1) is 33.0. The van der Waals surface area contributed by atoms with Gasteiger partial charge < -0.3 is 43.4 Å². The topological polar surface area (TPSA) is 142 Å². The molecule has 6 aliphatic rings. The van der Waals surface area contributed by atoms with Gasteiger partial charge in [-0.05, 0) is 43.9 Å². The maximum Gasteiger partial charge on any atom is 0.342 e. The van der Waals surface area contributed by atoms with Crippen molar-refractivity contribution in [2.45, 2.75) is 81.2 Å². The summed E-state index contributed by atoms with van der Waals surface area (Å²) < 4.78 is 43.3. The summed E-state index contributed by atoms with van der Waals surface area (Å²) in [6, 6.07) is 4.25. The second-order valence-electron chi connectivity index (χ2n) is 14.8. The van der Waals surface area contributed by atoms with Crippen LogP contribution in [0.5, 0.6) is 11.5 Å². The van der Waals surface area contributed by atoms with Gasteiger partial charge in [0.05, 0.1) is 32.0 Å². The fourth-order valence-corrected chi connectivity index (χ4v) is 12.5. The minimum absolute atomic E-state index is 0.0372. The molecule has 6 fully saturated rings. The van der Waals surface area contributed by atoms with Gasteiger partial charge in [0.15, 0.2) is 0 Å². The molecule has 12 nitrogen and oxygen atoms in total. The Morgan fingerprint density at radius 1 is 1.02 bits per heavy atom. The van der Waals surface area contributed by atoms with Crippen molar-refractivity contribution >= 4 is 11.9 Å². The van der Waals surface area contributed by atoms with E-state index in [9.17, 15) is 19.8 Å². The highest BCUT2D eigenvalue weighted by Crippen LogP contribution is 2.80. The molecule has 13 unspecified atom stereocenters. The lowest BCUT2D eigenvalue weighted by Crippen LogP contribution is -2.77. The number of ether oxygens (including phenoxy) is 7. The standard InChI is InChI=1S/C35H49NO11/c1-8-36-16-32(17-41-3)12-11-23(43-5)35-21-14-33(40)24(44-6)15-34(47-18(2)37,26(29(35)36)27(45-7)28(32)35)25(21)30(33)46-31(39)20-10-9-19(42-4)13-22(20)38/h9-10,13,21,23-30,38,40H,8,11-12,14-17H2,1-7H3. The molecule has 260 valence electrons. The SMILES string of the molecule is CCN1CC2(COC)CCC(OC)C34C5CC6(O)C(OC)CC(OC(C)=O)(C5C6OC(=O)c5ccc(OC)cc5O)C(C(OC)C23)C14. The van der Waals surface area contributed by atoms with Gasteiger partial charge in [-0.3, -0.25) is 9.69 Å². The Labute approximate surface area is 275 Å². The average molecular weight is 660 g/mol. The van der Waals surface area contributed by atoms with Gasteiger partial charge in [0.1, 0.15) is 34.4 Å². The van der Waals surface area contributed by atoms with Crippen LogP contribution in [0.25, 0.3) is 0 Å². The number of aromatic hydroxyl groups is 1. The second-order valence-corrected chi connectivity index (χ2v) is 14.8. The first-order valence-electron chi connectivity index (χ1n) is 16.8. The molecule has 0 amide bonds. The maximum absolute atomic E-state index is 13.9. The number of methoxy groups -OCH3 is 5. The van der Waals surface area contributed by atoms with Crippen molar-refractivity contribution in [2.75, 3.05) is 55.2 Å². The predicted octanol–water partition coefficient (Wildman–Crippen LogP) is 2.42. The Kier molecular flexibility index (Phi) is 7.93. The number of phenolic OH excluding ortho intramolecular Hbond substituents is 1. The van der Waals surface area contributed by atoms with E-state index in [0.717, 1.165) is 25.9 Å². The predicted molar refractivity (Wildman–Crippen MR) is 166 cm³/mol. The van der Waals surface area contributed by atoms with Crippen molar-refractivity contribution in [2.24, 2.45) is 34.5 Å². The minimum atomic E-state index is -1.60. The third kappa shape index (κ3) is 4.03. The fraction of sp³-hybridized carbons (Fsp3) is 0.771. The van der Waals surface area contributed by atoms with Gasteiger partial charge in [0.25, 0.3) is 0 Å². The number of hydrogen-bond acceptors (Lipinski definition) is 12. The zero-order valence-corrected chi connectivity index (χ0v) is 28.4. The monoisotopic (exact) mass is 659 g/mol. The number of phenols is 1. The van der Waals surface area contributed by atoms with Crippen LogP contribution in [-0.4, -0.2) is 124 Å². The number of esters is 2. The summed E-state index contributed by atoms with van der Waals surface area (Å²) in [5.74, 6) is -2.43. The number of hydrogen-bond donors (Lipinski definition) is 2. The zero-order valence-electron chi connectivity index (χ0n) is 28.4. The molecule has 1 aliphatic heterocycles. The van der Waals surface area contributed by atoms with E-state index in [2.05, 4.69) is 11.8 Å². The Hall–Kier alpha value is -2.48. The second kappa shape index (κ2) is 11.3. The summed E-state index contributed by atoms with van der Waals surface area (Å²) in [6.45, 7) is 5.66. The van der Waals surface area contributed by atoms with Crippen LogP contribution in [0.15, 0.2) is 18.2 Å². The van der Waals surface area contributed by atoms with Gasteiger partial charge in [0, 0.05) is 89.0 Å². The summed E-state index contributed by atoms with van der Waals surface area (Å²) in [4.78, 5) is 29.7. The van der Waals surface area contributed by atoms with Gasteiger partial charge in [-0.25, -0.2) is 4.79 Å². The van der Waals surface area contributed by atoms with Gasteiger partial charge in [-0.2, -0.15) is 0 Å². The van der Waals surface area contributed by atoms with E-state index in [0.29, 0.717) is 12.4 Å². The molecule has 0 aromatic heterocycles. The first-order chi connectivity index (χ1) is 22.5. The van der Waals surface area contributed by atoms with Gasteiger partial charge in [-0.15, -0.1) is 0 Å². The van der Waals surface area contributed by atoms with Crippen LogP contribution in [-0.2, 0) is 33.2 Å². The van der Waals surface area contributed by atoms with E-state index in [1.54, 1.807) is 27.4 Å². The number of likely N-dealkylation sites (tertiary alicyclic amines) is 1. The number of carbonyl (C=O) groups is 2. The van der Waals surface area contributed by atoms with Gasteiger partial charge in [0.2, 0.25) is 0 Å². The highest BCUT2D eigenvalue weighted by atomic mass is 16.6. The van der Waals surface area contributed by atoms with E-state index in [1.807, 2.05) is 0 Å². The molecule has 1 aromatic rings. The summed E-state index contributed by atoms with van der Waals surface area (Å²) >= 11 is 0. The number of carbonyl (C=O) groups excluding carboxylic acids is 2. The zero-order chi connectivity index (χ0) is 33.7. The molecule has 7 bridgehead atoms. The Morgan fingerprint density at radius 2 is 1.77 bits per heavy atom. The normalized spacial score (nSPS) is 45.8. The number of aliphatic hydroxyl groups is 1. The summed E-state index contributed by atoms with van der Waals surface area (Å²) in [5, 5.41) is 23.6.